The Kier molecular flexibility index (Phi) is 4.19. The summed E-state index contributed by atoms with van der Waals surface area (Å²) in [5.74, 6) is 0.958. The highest BCUT2D eigenvalue weighted by atomic mass is 16.3. The van der Waals surface area contributed by atoms with E-state index in [4.69, 9.17) is 14.9 Å². The summed E-state index contributed by atoms with van der Waals surface area (Å²) in [6.45, 7) is 0. The number of rotatable bonds is 4. The molecule has 0 saturated heterocycles. The molecule has 0 bridgehead atoms. The van der Waals surface area contributed by atoms with Crippen molar-refractivity contribution in [1.29, 1.82) is 0 Å². The van der Waals surface area contributed by atoms with Gasteiger partial charge in [0.1, 0.15) is 11.5 Å². The maximum Gasteiger partial charge on any atom is 0.142 e. The third kappa shape index (κ3) is 3.98. The van der Waals surface area contributed by atoms with E-state index in [2.05, 4.69) is 4.98 Å². The van der Waals surface area contributed by atoms with Crippen molar-refractivity contribution < 1.29 is 12.6 Å². The number of furan rings is 1. The number of hydrogen-bond donors (Lipinski definition) is 0. The molecule has 0 N–H and O–H groups in total. The topological polar surface area (TPSA) is 38.9 Å². The molecular formula is C38H24N2O. The molecule has 0 aliphatic carbocycles. The van der Waals surface area contributed by atoms with Gasteiger partial charge in [0, 0.05) is 39.2 Å². The first kappa shape index (κ1) is 17.9. The molecule has 0 amide bonds. The molecule has 0 fully saturated rings. The number of fused-ring (bicyclic) bond motifs is 4. The van der Waals surface area contributed by atoms with Crippen LogP contribution >= 0.6 is 0 Å². The molecule has 0 unspecified atom stereocenters. The van der Waals surface area contributed by atoms with Crippen LogP contribution in [-0.4, -0.2) is 9.97 Å². The summed E-state index contributed by atoms with van der Waals surface area (Å²) < 4.78 is 60.7. The molecule has 192 valence electrons. The summed E-state index contributed by atoms with van der Waals surface area (Å²) in [5, 5.41) is 1.97. The number of nitrogens with zero attached hydrogens (tertiary/aromatic N) is 2. The van der Waals surface area contributed by atoms with Crippen molar-refractivity contribution in [2.24, 2.45) is 0 Å². The van der Waals surface area contributed by atoms with E-state index in [0.717, 1.165) is 21.9 Å². The average Bonchev–Trinajstić information content (AvgIpc) is 3.56. The Bertz CT molecular complexity index is 2530. The second-order valence-electron chi connectivity index (χ2n) is 9.74. The van der Waals surface area contributed by atoms with E-state index >= 15 is 0 Å². The largest absolute Gasteiger partial charge is 0.455 e. The second kappa shape index (κ2) is 9.58. The molecule has 0 aliphatic rings. The van der Waals surface area contributed by atoms with Gasteiger partial charge < -0.3 is 4.42 Å². The van der Waals surface area contributed by atoms with Crippen molar-refractivity contribution in [3.05, 3.63) is 146 Å². The lowest BCUT2D eigenvalue weighted by atomic mass is 9.92. The predicted molar refractivity (Wildman–Crippen MR) is 169 cm³/mol. The van der Waals surface area contributed by atoms with Crippen LogP contribution < -0.4 is 0 Å². The number of hydrogen-bond acceptors (Lipinski definition) is 3. The molecule has 3 heteroatoms. The van der Waals surface area contributed by atoms with Crippen molar-refractivity contribution in [3.63, 3.8) is 0 Å². The van der Waals surface area contributed by atoms with Crippen LogP contribution in [0.1, 0.15) is 8.22 Å². The zero-order chi connectivity index (χ0) is 32.4. The third-order valence-electron chi connectivity index (χ3n) is 7.28. The fraction of sp³-hybridized carbons (Fsp3) is 0. The Morgan fingerprint density at radius 3 is 2.00 bits per heavy atom. The molecule has 0 aliphatic heterocycles. The molecular weight excluding hydrogens is 500 g/mol. The zero-order valence-electron chi connectivity index (χ0n) is 27.7. The van der Waals surface area contributed by atoms with Crippen LogP contribution in [0.3, 0.4) is 0 Å². The minimum Gasteiger partial charge on any atom is -0.455 e. The summed E-state index contributed by atoms with van der Waals surface area (Å²) in [6, 6.07) is 30.1. The number of pyridine rings is 2. The molecule has 8 aromatic rings. The first-order chi connectivity index (χ1) is 22.8. The second-order valence-corrected chi connectivity index (χ2v) is 9.74. The van der Waals surface area contributed by atoms with E-state index in [9.17, 15) is 2.74 Å². The maximum atomic E-state index is 9.44. The highest BCUT2D eigenvalue weighted by Gasteiger charge is 2.19. The van der Waals surface area contributed by atoms with E-state index in [1.54, 1.807) is 18.3 Å². The minimum atomic E-state index is -0.430. The lowest BCUT2D eigenvalue weighted by molar-refractivity contribution is 0.598. The van der Waals surface area contributed by atoms with Crippen LogP contribution in [-0.2, 0) is 0 Å². The van der Waals surface area contributed by atoms with Crippen molar-refractivity contribution >= 4 is 32.6 Å². The SMILES string of the molecule is [2H]c1c([2H])c([2H])c2c(-c3cc(-c4ccccc4)oc3-c3ccccc3)c([2H])c([2H])c(-c3ccc4ccc5cccnc5c4n3)c2c1[2H]. The van der Waals surface area contributed by atoms with Crippen LogP contribution in [0, 0.1) is 0 Å². The van der Waals surface area contributed by atoms with Gasteiger partial charge >= 0.3 is 0 Å². The zero-order valence-corrected chi connectivity index (χ0v) is 21.7. The van der Waals surface area contributed by atoms with Gasteiger partial charge in [0.05, 0.1) is 25.0 Å². The van der Waals surface area contributed by atoms with Crippen molar-refractivity contribution in [1.82, 2.24) is 9.97 Å². The Morgan fingerprint density at radius 2 is 1.22 bits per heavy atom. The molecule has 0 radical (unpaired) electrons. The highest BCUT2D eigenvalue weighted by Crippen LogP contribution is 2.43. The number of benzene rings is 5. The van der Waals surface area contributed by atoms with Crippen LogP contribution in [0.15, 0.2) is 150 Å². The molecule has 3 heterocycles. The van der Waals surface area contributed by atoms with E-state index < -0.39 is 12.1 Å². The van der Waals surface area contributed by atoms with Crippen molar-refractivity contribution in [2.75, 3.05) is 0 Å². The fourth-order valence-corrected chi connectivity index (χ4v) is 5.32. The van der Waals surface area contributed by atoms with Crippen molar-refractivity contribution in [2.45, 2.75) is 0 Å². The smallest absolute Gasteiger partial charge is 0.142 e. The van der Waals surface area contributed by atoms with Crippen LogP contribution in [0.25, 0.3) is 77.6 Å². The van der Waals surface area contributed by atoms with Gasteiger partial charge in [0.25, 0.3) is 0 Å². The molecule has 0 saturated carbocycles. The van der Waals surface area contributed by atoms with Gasteiger partial charge in [-0.05, 0) is 34.5 Å². The van der Waals surface area contributed by atoms with Gasteiger partial charge in [-0.15, -0.1) is 0 Å². The van der Waals surface area contributed by atoms with Gasteiger partial charge in [-0.3, -0.25) is 4.98 Å². The lowest BCUT2D eigenvalue weighted by Crippen LogP contribution is -1.91. The van der Waals surface area contributed by atoms with Gasteiger partial charge in [0.15, 0.2) is 0 Å². The molecule has 8 rings (SSSR count). The Labute approximate surface area is 245 Å². The highest BCUT2D eigenvalue weighted by molar-refractivity contribution is 6.08. The first-order valence-electron chi connectivity index (χ1n) is 16.3. The van der Waals surface area contributed by atoms with Gasteiger partial charge in [-0.2, -0.15) is 0 Å². The standard InChI is InChI=1S/C38H24N2O/c1-3-10-25(11-4-1)35-24-33(38(41-35)28-12-5-2-6-13-28)31-20-21-32(30-16-8-7-15-29(30)31)34-22-19-27-18-17-26-14-9-23-39-36(26)37(27)40-34/h1-24H/i7D,8D,15D,16D,20D,21D. The minimum absolute atomic E-state index is 0.119. The number of aromatic nitrogens is 2. The third-order valence-corrected chi connectivity index (χ3v) is 7.28. The van der Waals surface area contributed by atoms with Gasteiger partial charge in [0.2, 0.25) is 0 Å². The van der Waals surface area contributed by atoms with Crippen LogP contribution in [0.2, 0.25) is 0 Å². The Balaban J connectivity index is 1.50. The van der Waals surface area contributed by atoms with E-state index in [-0.39, 0.29) is 46.1 Å². The van der Waals surface area contributed by atoms with E-state index in [0.29, 0.717) is 33.8 Å². The predicted octanol–water partition coefficient (Wildman–Crippen LogP) is 10.2. The van der Waals surface area contributed by atoms with Gasteiger partial charge in [-0.1, -0.05) is 121 Å². The fourth-order valence-electron chi connectivity index (χ4n) is 5.32. The normalized spacial score (nSPS) is 13.5. The lowest BCUT2D eigenvalue weighted by Gasteiger charge is -2.12. The summed E-state index contributed by atoms with van der Waals surface area (Å²) >= 11 is 0. The molecule has 41 heavy (non-hydrogen) atoms. The summed E-state index contributed by atoms with van der Waals surface area (Å²) in [4.78, 5) is 9.47. The van der Waals surface area contributed by atoms with Gasteiger partial charge in [-0.25, -0.2) is 4.98 Å². The summed E-state index contributed by atoms with van der Waals surface area (Å²) in [5.41, 5.74) is 3.92. The van der Waals surface area contributed by atoms with E-state index in [1.165, 1.54) is 0 Å². The van der Waals surface area contributed by atoms with Crippen molar-refractivity contribution in [3.8, 4) is 45.0 Å². The molecule has 0 spiro atoms. The average molecular weight is 531 g/mol. The monoisotopic (exact) mass is 530 g/mol. The van der Waals surface area contributed by atoms with Crippen LogP contribution in [0.4, 0.5) is 0 Å². The Morgan fingerprint density at radius 1 is 0.561 bits per heavy atom. The summed E-state index contributed by atoms with van der Waals surface area (Å²) in [7, 11) is 0. The molecule has 0 atom stereocenters. The first-order valence-corrected chi connectivity index (χ1v) is 13.3. The molecule has 5 aromatic carbocycles. The molecule has 3 aromatic heterocycles. The molecule has 3 nitrogen and oxygen atoms in total. The quantitative estimate of drug-likeness (QED) is 0.213. The van der Waals surface area contributed by atoms with Crippen LogP contribution in [0.5, 0.6) is 0 Å². The Hall–Kier alpha value is -5.54. The summed E-state index contributed by atoms with van der Waals surface area (Å²) in [6.07, 6.45) is 1.69. The van der Waals surface area contributed by atoms with E-state index in [1.807, 2.05) is 91.0 Å². The maximum absolute atomic E-state index is 9.44.